The first-order chi connectivity index (χ1) is 8.04. The second-order valence-corrected chi connectivity index (χ2v) is 4.87. The monoisotopic (exact) mass is 234 g/mol. The second-order valence-electron chi connectivity index (χ2n) is 4.87. The van der Waals surface area contributed by atoms with Crippen LogP contribution >= 0.6 is 0 Å². The maximum absolute atomic E-state index is 9.57. The van der Waals surface area contributed by atoms with Crippen molar-refractivity contribution in [1.29, 1.82) is 0 Å². The zero-order chi connectivity index (χ0) is 12.3. The molecule has 2 rings (SSSR count). The summed E-state index contributed by atoms with van der Waals surface area (Å²) in [5, 5.41) is 9.57. The third-order valence-corrected chi connectivity index (χ3v) is 2.63. The summed E-state index contributed by atoms with van der Waals surface area (Å²) >= 11 is 0. The van der Waals surface area contributed by atoms with Crippen LogP contribution in [0.15, 0.2) is 24.3 Å². The van der Waals surface area contributed by atoms with E-state index in [4.69, 9.17) is 9.47 Å². The lowest BCUT2D eigenvalue weighted by atomic mass is 10.0. The average Bonchev–Trinajstić information content (AvgIpc) is 2.70. The zero-order valence-corrected chi connectivity index (χ0v) is 10.3. The first-order valence-corrected chi connectivity index (χ1v) is 5.83. The summed E-state index contributed by atoms with van der Waals surface area (Å²) < 4.78 is 10.5. The van der Waals surface area contributed by atoms with Gasteiger partial charge in [0, 0.05) is 0 Å². The molecule has 0 radical (unpaired) electrons. The molecule has 0 atom stereocenters. The minimum Gasteiger partial charge on any atom is -0.454 e. The molecule has 1 N–H and O–H groups in total. The van der Waals surface area contributed by atoms with Gasteiger partial charge < -0.3 is 14.6 Å². The Hall–Kier alpha value is -1.48. The van der Waals surface area contributed by atoms with Crippen LogP contribution in [0.1, 0.15) is 32.3 Å². The Balaban J connectivity index is 1.93. The van der Waals surface area contributed by atoms with Gasteiger partial charge >= 0.3 is 0 Å². The SMILES string of the molecule is CC(C)(O)CC/C=C/c1ccc2c(c1)OCO2. The fourth-order valence-corrected chi connectivity index (χ4v) is 1.67. The van der Waals surface area contributed by atoms with Crippen LogP contribution in [0.3, 0.4) is 0 Å². The zero-order valence-electron chi connectivity index (χ0n) is 10.3. The second kappa shape index (κ2) is 4.80. The normalized spacial score (nSPS) is 14.5. The van der Waals surface area contributed by atoms with Crippen molar-refractivity contribution in [3.63, 3.8) is 0 Å². The van der Waals surface area contributed by atoms with Crippen LogP contribution in [0.4, 0.5) is 0 Å². The summed E-state index contributed by atoms with van der Waals surface area (Å²) in [4.78, 5) is 0. The van der Waals surface area contributed by atoms with Gasteiger partial charge in [-0.05, 0) is 44.4 Å². The van der Waals surface area contributed by atoms with E-state index in [1.165, 1.54) is 0 Å². The number of ether oxygens (including phenoxy) is 2. The molecule has 1 heterocycles. The van der Waals surface area contributed by atoms with Gasteiger partial charge in [0.15, 0.2) is 11.5 Å². The average molecular weight is 234 g/mol. The minimum atomic E-state index is -0.598. The van der Waals surface area contributed by atoms with E-state index < -0.39 is 5.60 Å². The van der Waals surface area contributed by atoms with E-state index in [9.17, 15) is 5.11 Å². The molecule has 0 aliphatic carbocycles. The Kier molecular flexibility index (Phi) is 3.38. The third-order valence-electron chi connectivity index (χ3n) is 2.63. The van der Waals surface area contributed by atoms with E-state index in [0.717, 1.165) is 29.9 Å². The number of rotatable bonds is 4. The first-order valence-electron chi connectivity index (χ1n) is 5.83. The van der Waals surface area contributed by atoms with Crippen molar-refractivity contribution >= 4 is 6.08 Å². The summed E-state index contributed by atoms with van der Waals surface area (Å²) in [7, 11) is 0. The highest BCUT2D eigenvalue weighted by Gasteiger charge is 2.12. The van der Waals surface area contributed by atoms with Crippen molar-refractivity contribution in [3.8, 4) is 11.5 Å². The lowest BCUT2D eigenvalue weighted by Gasteiger charge is -2.14. The molecule has 92 valence electrons. The molecule has 1 aliphatic heterocycles. The fourth-order valence-electron chi connectivity index (χ4n) is 1.67. The summed E-state index contributed by atoms with van der Waals surface area (Å²) in [6.45, 7) is 3.95. The summed E-state index contributed by atoms with van der Waals surface area (Å²) in [6.07, 6.45) is 5.72. The first kappa shape index (κ1) is 12.0. The van der Waals surface area contributed by atoms with Crippen molar-refractivity contribution in [2.75, 3.05) is 6.79 Å². The Labute approximate surface area is 102 Å². The topological polar surface area (TPSA) is 38.7 Å². The Morgan fingerprint density at radius 3 is 2.82 bits per heavy atom. The van der Waals surface area contributed by atoms with Gasteiger partial charge in [0.05, 0.1) is 5.60 Å². The van der Waals surface area contributed by atoms with E-state index in [0.29, 0.717) is 6.79 Å². The van der Waals surface area contributed by atoms with Gasteiger partial charge in [-0.25, -0.2) is 0 Å². The molecule has 0 bridgehead atoms. The predicted molar refractivity (Wildman–Crippen MR) is 67.1 cm³/mol. The summed E-state index contributed by atoms with van der Waals surface area (Å²) in [5.74, 6) is 1.60. The molecule has 0 fully saturated rings. The molecule has 0 spiro atoms. The smallest absolute Gasteiger partial charge is 0.231 e. The molecular weight excluding hydrogens is 216 g/mol. The minimum absolute atomic E-state index is 0.307. The third kappa shape index (κ3) is 3.49. The predicted octanol–water partition coefficient (Wildman–Crippen LogP) is 2.98. The lowest BCUT2D eigenvalue weighted by molar-refractivity contribution is 0.0722. The van der Waals surface area contributed by atoms with Gasteiger partial charge in [0.25, 0.3) is 0 Å². The number of aliphatic hydroxyl groups is 1. The maximum atomic E-state index is 9.57. The molecule has 1 aromatic rings. The standard InChI is InChI=1S/C14H18O3/c1-14(2,15)8-4-3-5-11-6-7-12-13(9-11)17-10-16-12/h3,5-7,9,15H,4,8,10H2,1-2H3/b5-3+. The molecule has 3 heteroatoms. The molecule has 0 aromatic heterocycles. The molecular formula is C14H18O3. The van der Waals surface area contributed by atoms with Crippen molar-refractivity contribution in [2.45, 2.75) is 32.3 Å². The number of hydrogen-bond donors (Lipinski definition) is 1. The highest BCUT2D eigenvalue weighted by Crippen LogP contribution is 2.32. The molecule has 0 unspecified atom stereocenters. The molecule has 0 amide bonds. The molecule has 1 aliphatic rings. The van der Waals surface area contributed by atoms with Crippen LogP contribution in [-0.4, -0.2) is 17.5 Å². The van der Waals surface area contributed by atoms with Gasteiger partial charge in [-0.3, -0.25) is 0 Å². The van der Waals surface area contributed by atoms with Gasteiger partial charge in [-0.1, -0.05) is 18.2 Å². The number of hydrogen-bond acceptors (Lipinski definition) is 3. The van der Waals surface area contributed by atoms with Gasteiger partial charge in [0.2, 0.25) is 6.79 Å². The molecule has 0 saturated heterocycles. The van der Waals surface area contributed by atoms with Crippen LogP contribution in [-0.2, 0) is 0 Å². The molecule has 1 aromatic carbocycles. The van der Waals surface area contributed by atoms with Crippen molar-refractivity contribution < 1.29 is 14.6 Å². The van der Waals surface area contributed by atoms with E-state index in [1.54, 1.807) is 0 Å². The van der Waals surface area contributed by atoms with Gasteiger partial charge in [0.1, 0.15) is 0 Å². The summed E-state index contributed by atoms with van der Waals surface area (Å²) in [6, 6.07) is 5.87. The number of allylic oxidation sites excluding steroid dienone is 1. The van der Waals surface area contributed by atoms with Crippen LogP contribution < -0.4 is 9.47 Å². The van der Waals surface area contributed by atoms with Crippen LogP contribution in [0, 0.1) is 0 Å². The van der Waals surface area contributed by atoms with Crippen LogP contribution in [0.2, 0.25) is 0 Å². The fraction of sp³-hybridized carbons (Fsp3) is 0.429. The largest absolute Gasteiger partial charge is 0.454 e. The Morgan fingerprint density at radius 2 is 2.06 bits per heavy atom. The summed E-state index contributed by atoms with van der Waals surface area (Å²) in [5.41, 5.74) is 0.490. The van der Waals surface area contributed by atoms with Crippen LogP contribution in [0.5, 0.6) is 11.5 Å². The quantitative estimate of drug-likeness (QED) is 0.870. The van der Waals surface area contributed by atoms with E-state index in [-0.39, 0.29) is 0 Å². The maximum Gasteiger partial charge on any atom is 0.231 e. The lowest BCUT2D eigenvalue weighted by Crippen LogP contribution is -2.17. The van der Waals surface area contributed by atoms with Crippen LogP contribution in [0.25, 0.3) is 6.08 Å². The van der Waals surface area contributed by atoms with Crippen molar-refractivity contribution in [2.24, 2.45) is 0 Å². The highest BCUT2D eigenvalue weighted by molar-refractivity contribution is 5.56. The van der Waals surface area contributed by atoms with Gasteiger partial charge in [-0.2, -0.15) is 0 Å². The van der Waals surface area contributed by atoms with Crippen molar-refractivity contribution in [3.05, 3.63) is 29.8 Å². The van der Waals surface area contributed by atoms with E-state index in [2.05, 4.69) is 6.08 Å². The molecule has 0 saturated carbocycles. The Bertz CT molecular complexity index is 416. The molecule has 17 heavy (non-hydrogen) atoms. The van der Waals surface area contributed by atoms with Gasteiger partial charge in [-0.15, -0.1) is 0 Å². The van der Waals surface area contributed by atoms with E-state index in [1.807, 2.05) is 38.1 Å². The van der Waals surface area contributed by atoms with E-state index >= 15 is 0 Å². The number of benzene rings is 1. The van der Waals surface area contributed by atoms with Crippen molar-refractivity contribution in [1.82, 2.24) is 0 Å². The number of fused-ring (bicyclic) bond motifs is 1. The Morgan fingerprint density at radius 1 is 1.29 bits per heavy atom. The highest BCUT2D eigenvalue weighted by atomic mass is 16.7. The molecule has 3 nitrogen and oxygen atoms in total.